The molecule has 0 spiro atoms. The molecule has 0 atom stereocenters. The first-order valence-electron chi connectivity index (χ1n) is 6.48. The minimum atomic E-state index is -0.761. The van der Waals surface area contributed by atoms with Gasteiger partial charge in [-0.05, 0) is 36.4 Å². The van der Waals surface area contributed by atoms with Gasteiger partial charge in [0.25, 0.3) is 0 Å². The summed E-state index contributed by atoms with van der Waals surface area (Å²) in [6, 6.07) is 4.84. The van der Waals surface area contributed by atoms with Crippen molar-refractivity contribution in [2.75, 3.05) is 6.54 Å². The Morgan fingerprint density at radius 1 is 1.22 bits per heavy atom. The van der Waals surface area contributed by atoms with Crippen LogP contribution in [0.5, 0.6) is 0 Å². The molecule has 0 saturated carbocycles. The molecular formula is C15H23F2N. The molecule has 0 heterocycles. The molecule has 0 aliphatic carbocycles. The van der Waals surface area contributed by atoms with E-state index in [-0.39, 0.29) is 5.41 Å². The monoisotopic (exact) mass is 255 g/mol. The van der Waals surface area contributed by atoms with Crippen LogP contribution in [-0.2, 0) is 6.42 Å². The van der Waals surface area contributed by atoms with Crippen LogP contribution in [0.4, 0.5) is 8.78 Å². The Bertz CT molecular complexity index is 386. The van der Waals surface area contributed by atoms with E-state index in [1.54, 1.807) is 12.1 Å². The van der Waals surface area contributed by atoms with Gasteiger partial charge in [0.15, 0.2) is 11.6 Å². The number of hydrogen-bond acceptors (Lipinski definition) is 1. The van der Waals surface area contributed by atoms with Crippen molar-refractivity contribution in [3.63, 3.8) is 0 Å². The average Bonchev–Trinajstić information content (AvgIpc) is 2.23. The van der Waals surface area contributed by atoms with E-state index in [9.17, 15) is 8.78 Å². The Balaban J connectivity index is 2.61. The smallest absolute Gasteiger partial charge is 0.162 e. The molecule has 0 aromatic heterocycles. The van der Waals surface area contributed by atoms with Crippen LogP contribution in [0.15, 0.2) is 18.2 Å². The lowest BCUT2D eigenvalue weighted by Gasteiger charge is -2.25. The fraction of sp³-hybridized carbons (Fsp3) is 0.600. The van der Waals surface area contributed by atoms with Crippen LogP contribution in [0.3, 0.4) is 0 Å². The summed E-state index contributed by atoms with van der Waals surface area (Å²) in [7, 11) is 0. The molecule has 3 heteroatoms. The Hall–Kier alpha value is -0.960. The number of rotatable bonds is 6. The van der Waals surface area contributed by atoms with Gasteiger partial charge in [0, 0.05) is 6.04 Å². The molecule has 102 valence electrons. The summed E-state index contributed by atoms with van der Waals surface area (Å²) in [5.41, 5.74) is 0.417. The van der Waals surface area contributed by atoms with Crippen LogP contribution in [0, 0.1) is 17.0 Å². The molecule has 0 fully saturated rings. The maximum Gasteiger partial charge on any atom is 0.162 e. The van der Waals surface area contributed by atoms with Crippen LogP contribution >= 0.6 is 0 Å². The molecule has 0 unspecified atom stereocenters. The van der Waals surface area contributed by atoms with Gasteiger partial charge in [-0.25, -0.2) is 8.78 Å². The standard InChI is InChI=1S/C15H23F2N/c1-11(2)18-9-8-15(3,4)10-12-6-5-7-13(16)14(12)17/h5-7,11,18H,8-10H2,1-4H3. The van der Waals surface area contributed by atoms with E-state index in [4.69, 9.17) is 0 Å². The van der Waals surface area contributed by atoms with Gasteiger partial charge in [0.2, 0.25) is 0 Å². The molecule has 0 radical (unpaired) electrons. The third-order valence-corrected chi connectivity index (χ3v) is 3.05. The first-order chi connectivity index (χ1) is 8.32. The highest BCUT2D eigenvalue weighted by atomic mass is 19.2. The van der Waals surface area contributed by atoms with Crippen molar-refractivity contribution in [2.24, 2.45) is 5.41 Å². The quantitative estimate of drug-likeness (QED) is 0.812. The first kappa shape index (κ1) is 15.1. The molecule has 1 aromatic rings. The minimum Gasteiger partial charge on any atom is -0.315 e. The maximum atomic E-state index is 13.6. The highest BCUT2D eigenvalue weighted by molar-refractivity contribution is 5.20. The number of hydrogen-bond donors (Lipinski definition) is 1. The summed E-state index contributed by atoms with van der Waals surface area (Å²) >= 11 is 0. The van der Waals surface area contributed by atoms with Crippen molar-refractivity contribution in [3.8, 4) is 0 Å². The zero-order valence-corrected chi connectivity index (χ0v) is 11.7. The van der Waals surface area contributed by atoms with Gasteiger partial charge in [-0.15, -0.1) is 0 Å². The van der Waals surface area contributed by atoms with Crippen molar-refractivity contribution in [2.45, 2.75) is 46.6 Å². The lowest BCUT2D eigenvalue weighted by molar-refractivity contribution is 0.314. The molecule has 1 rings (SSSR count). The van der Waals surface area contributed by atoms with E-state index >= 15 is 0 Å². The first-order valence-corrected chi connectivity index (χ1v) is 6.48. The van der Waals surface area contributed by atoms with Crippen molar-refractivity contribution in [1.82, 2.24) is 5.32 Å². The molecule has 0 aliphatic heterocycles. The van der Waals surface area contributed by atoms with Gasteiger partial charge >= 0.3 is 0 Å². The SMILES string of the molecule is CC(C)NCCC(C)(C)Cc1cccc(F)c1F. The van der Waals surface area contributed by atoms with E-state index < -0.39 is 11.6 Å². The fourth-order valence-corrected chi connectivity index (χ4v) is 1.99. The molecule has 0 aliphatic rings. The van der Waals surface area contributed by atoms with E-state index in [1.165, 1.54) is 0 Å². The normalized spacial score (nSPS) is 12.2. The van der Waals surface area contributed by atoms with E-state index in [2.05, 4.69) is 33.0 Å². The van der Waals surface area contributed by atoms with Crippen molar-refractivity contribution < 1.29 is 8.78 Å². The summed E-state index contributed by atoms with van der Waals surface area (Å²) in [6.07, 6.45) is 1.48. The van der Waals surface area contributed by atoms with E-state index in [1.807, 2.05) is 0 Å². The molecule has 1 N–H and O–H groups in total. The molecular weight excluding hydrogens is 232 g/mol. The van der Waals surface area contributed by atoms with Crippen LogP contribution in [0.2, 0.25) is 0 Å². The number of nitrogens with one attached hydrogen (secondary N) is 1. The van der Waals surface area contributed by atoms with Crippen LogP contribution < -0.4 is 5.32 Å². The molecule has 0 amide bonds. The Morgan fingerprint density at radius 3 is 2.50 bits per heavy atom. The topological polar surface area (TPSA) is 12.0 Å². The summed E-state index contributed by atoms with van der Waals surface area (Å²) in [4.78, 5) is 0. The summed E-state index contributed by atoms with van der Waals surface area (Å²) in [5.74, 6) is -1.47. The van der Waals surface area contributed by atoms with Crippen molar-refractivity contribution in [3.05, 3.63) is 35.4 Å². The largest absolute Gasteiger partial charge is 0.315 e. The summed E-state index contributed by atoms with van der Waals surface area (Å²) in [5, 5.41) is 3.35. The molecule has 0 saturated heterocycles. The Morgan fingerprint density at radius 2 is 1.89 bits per heavy atom. The number of halogens is 2. The van der Waals surface area contributed by atoms with Gasteiger partial charge in [-0.3, -0.25) is 0 Å². The van der Waals surface area contributed by atoms with Gasteiger partial charge in [-0.2, -0.15) is 0 Å². The fourth-order valence-electron chi connectivity index (χ4n) is 1.99. The van der Waals surface area contributed by atoms with Crippen LogP contribution in [-0.4, -0.2) is 12.6 Å². The van der Waals surface area contributed by atoms with Gasteiger partial charge in [-0.1, -0.05) is 39.8 Å². The highest BCUT2D eigenvalue weighted by Crippen LogP contribution is 2.27. The minimum absolute atomic E-state index is 0.0451. The second kappa shape index (κ2) is 6.28. The van der Waals surface area contributed by atoms with Gasteiger partial charge in [0.1, 0.15) is 0 Å². The zero-order valence-electron chi connectivity index (χ0n) is 11.7. The molecule has 0 bridgehead atoms. The number of benzene rings is 1. The average molecular weight is 255 g/mol. The lowest BCUT2D eigenvalue weighted by Crippen LogP contribution is -2.28. The van der Waals surface area contributed by atoms with Crippen molar-refractivity contribution in [1.29, 1.82) is 0 Å². The third kappa shape index (κ3) is 4.73. The van der Waals surface area contributed by atoms with Crippen molar-refractivity contribution >= 4 is 0 Å². The van der Waals surface area contributed by atoms with Crippen LogP contribution in [0.25, 0.3) is 0 Å². The second-order valence-electron chi connectivity index (χ2n) is 5.91. The van der Waals surface area contributed by atoms with E-state index in [0.29, 0.717) is 18.0 Å². The predicted octanol–water partition coefficient (Wildman–Crippen LogP) is 3.92. The zero-order chi connectivity index (χ0) is 13.8. The van der Waals surface area contributed by atoms with E-state index in [0.717, 1.165) is 19.0 Å². The molecule has 1 nitrogen and oxygen atoms in total. The van der Waals surface area contributed by atoms with Gasteiger partial charge < -0.3 is 5.32 Å². The summed E-state index contributed by atoms with van der Waals surface area (Å²) < 4.78 is 26.7. The maximum absolute atomic E-state index is 13.6. The second-order valence-corrected chi connectivity index (χ2v) is 5.91. The molecule has 18 heavy (non-hydrogen) atoms. The molecule has 1 aromatic carbocycles. The lowest BCUT2D eigenvalue weighted by atomic mass is 9.82. The highest BCUT2D eigenvalue weighted by Gasteiger charge is 2.21. The summed E-state index contributed by atoms with van der Waals surface area (Å²) in [6.45, 7) is 9.25. The Kier molecular flexibility index (Phi) is 5.27. The van der Waals surface area contributed by atoms with Gasteiger partial charge in [0.05, 0.1) is 0 Å². The van der Waals surface area contributed by atoms with Crippen LogP contribution in [0.1, 0.15) is 39.7 Å². The predicted molar refractivity (Wildman–Crippen MR) is 71.6 cm³/mol. The third-order valence-electron chi connectivity index (χ3n) is 3.05. The Labute approximate surface area is 109 Å².